The molecular weight excluding hydrogens is 356 g/mol. The lowest BCUT2D eigenvalue weighted by atomic mass is 10.2. The Bertz CT molecular complexity index is 1010. The van der Waals surface area contributed by atoms with E-state index >= 15 is 0 Å². The molecule has 0 unspecified atom stereocenters. The minimum Gasteiger partial charge on any atom is -0.494 e. The van der Waals surface area contributed by atoms with E-state index in [1.807, 2.05) is 12.1 Å². The van der Waals surface area contributed by atoms with E-state index in [0.29, 0.717) is 28.9 Å². The predicted molar refractivity (Wildman–Crippen MR) is 108 cm³/mol. The third-order valence-corrected chi connectivity index (χ3v) is 4.46. The maximum absolute atomic E-state index is 12.6. The van der Waals surface area contributed by atoms with Crippen molar-refractivity contribution in [3.05, 3.63) is 70.3 Å². The first kappa shape index (κ1) is 19.6. The van der Waals surface area contributed by atoms with Crippen LogP contribution in [0.15, 0.2) is 53.3 Å². The number of carbonyl (C=O) groups excluding carboxylic acids is 1. The molecule has 3 aromatic rings. The highest BCUT2D eigenvalue weighted by atomic mass is 16.5. The Labute approximate surface area is 163 Å². The molecule has 0 spiro atoms. The van der Waals surface area contributed by atoms with Crippen LogP contribution in [0.2, 0.25) is 0 Å². The molecule has 0 aliphatic carbocycles. The van der Waals surface area contributed by atoms with Crippen molar-refractivity contribution in [2.45, 2.75) is 33.2 Å². The van der Waals surface area contributed by atoms with Crippen LogP contribution in [0.5, 0.6) is 5.75 Å². The number of unbranched alkanes of at least 4 members (excludes halogenated alkanes) is 1. The molecule has 0 aliphatic heterocycles. The van der Waals surface area contributed by atoms with Gasteiger partial charge in [-0.1, -0.05) is 25.5 Å². The fourth-order valence-corrected chi connectivity index (χ4v) is 2.88. The van der Waals surface area contributed by atoms with Crippen molar-refractivity contribution in [1.82, 2.24) is 9.55 Å². The van der Waals surface area contributed by atoms with Gasteiger partial charge in [0.1, 0.15) is 18.2 Å². The molecule has 0 radical (unpaired) electrons. The number of ether oxygens (including phenoxy) is 2. The molecule has 0 aliphatic rings. The van der Waals surface area contributed by atoms with Crippen LogP contribution in [-0.2, 0) is 11.3 Å². The van der Waals surface area contributed by atoms with Gasteiger partial charge in [0.05, 0.1) is 29.6 Å². The second kappa shape index (κ2) is 9.17. The third kappa shape index (κ3) is 4.57. The molecule has 146 valence electrons. The smallest absolute Gasteiger partial charge is 0.338 e. The van der Waals surface area contributed by atoms with E-state index in [4.69, 9.17) is 9.47 Å². The van der Waals surface area contributed by atoms with Crippen molar-refractivity contribution < 1.29 is 14.3 Å². The van der Waals surface area contributed by atoms with Gasteiger partial charge in [-0.05, 0) is 49.7 Å². The van der Waals surface area contributed by atoms with Crippen molar-refractivity contribution >= 4 is 16.9 Å². The summed E-state index contributed by atoms with van der Waals surface area (Å²) in [7, 11) is 0. The average molecular weight is 380 g/mol. The van der Waals surface area contributed by atoms with Crippen LogP contribution in [0.25, 0.3) is 10.9 Å². The zero-order valence-electron chi connectivity index (χ0n) is 16.2. The van der Waals surface area contributed by atoms with Gasteiger partial charge >= 0.3 is 5.97 Å². The lowest BCUT2D eigenvalue weighted by Crippen LogP contribution is -2.26. The summed E-state index contributed by atoms with van der Waals surface area (Å²) in [6.45, 7) is 4.88. The Morgan fingerprint density at radius 3 is 2.57 bits per heavy atom. The summed E-state index contributed by atoms with van der Waals surface area (Å²) < 4.78 is 12.4. The van der Waals surface area contributed by atoms with E-state index < -0.39 is 5.97 Å². The maximum atomic E-state index is 12.6. The van der Waals surface area contributed by atoms with Crippen LogP contribution in [0.3, 0.4) is 0 Å². The van der Waals surface area contributed by atoms with E-state index in [0.717, 1.165) is 18.6 Å². The molecule has 6 nitrogen and oxygen atoms in total. The molecule has 0 N–H and O–H groups in total. The summed E-state index contributed by atoms with van der Waals surface area (Å²) in [5, 5.41) is 0.554. The highest BCUT2D eigenvalue weighted by Gasteiger charge is 2.10. The fourth-order valence-electron chi connectivity index (χ4n) is 2.88. The largest absolute Gasteiger partial charge is 0.494 e. The minimum absolute atomic E-state index is 0.0916. The van der Waals surface area contributed by atoms with Gasteiger partial charge in [-0.2, -0.15) is 0 Å². The summed E-state index contributed by atoms with van der Waals surface area (Å²) >= 11 is 0. The molecule has 3 rings (SSSR count). The topological polar surface area (TPSA) is 70.4 Å². The first-order chi connectivity index (χ1) is 13.6. The molecule has 1 aromatic heterocycles. The number of nitrogens with zero attached hydrogens (tertiary/aromatic N) is 2. The van der Waals surface area contributed by atoms with Crippen molar-refractivity contribution in [3.63, 3.8) is 0 Å². The fraction of sp³-hybridized carbons (Fsp3) is 0.318. The summed E-state index contributed by atoms with van der Waals surface area (Å²) in [5.74, 6) is 0.891. The number of fused-ring (bicyclic) bond motifs is 1. The summed E-state index contributed by atoms with van der Waals surface area (Å²) in [6.07, 6.45) is 2.06. The van der Waals surface area contributed by atoms with Crippen LogP contribution in [0, 0.1) is 6.92 Å². The number of hydrogen-bond donors (Lipinski definition) is 0. The zero-order chi connectivity index (χ0) is 19.9. The van der Waals surface area contributed by atoms with E-state index in [2.05, 4.69) is 11.9 Å². The van der Waals surface area contributed by atoms with E-state index in [9.17, 15) is 9.59 Å². The van der Waals surface area contributed by atoms with Crippen LogP contribution in [0.1, 0.15) is 35.9 Å². The molecule has 6 heteroatoms. The molecule has 2 aromatic carbocycles. The maximum Gasteiger partial charge on any atom is 0.338 e. The first-order valence-electron chi connectivity index (χ1n) is 9.46. The molecule has 28 heavy (non-hydrogen) atoms. The molecule has 0 bridgehead atoms. The van der Waals surface area contributed by atoms with Gasteiger partial charge in [0.2, 0.25) is 0 Å². The summed E-state index contributed by atoms with van der Waals surface area (Å²) in [6, 6.07) is 14.1. The number of esters is 1. The van der Waals surface area contributed by atoms with Gasteiger partial charge in [0.25, 0.3) is 5.56 Å². The van der Waals surface area contributed by atoms with Crippen molar-refractivity contribution in [2.75, 3.05) is 13.2 Å². The Kier molecular flexibility index (Phi) is 6.42. The van der Waals surface area contributed by atoms with Crippen molar-refractivity contribution in [1.29, 1.82) is 0 Å². The lowest BCUT2D eigenvalue weighted by molar-refractivity contribution is 0.0489. The Hall–Kier alpha value is -3.15. The normalized spacial score (nSPS) is 10.8. The average Bonchev–Trinajstić information content (AvgIpc) is 2.71. The minimum atomic E-state index is -0.431. The number of carbonyl (C=O) groups is 1. The number of aromatic nitrogens is 2. The highest BCUT2D eigenvalue weighted by molar-refractivity contribution is 5.89. The number of aryl methyl sites for hydroxylation is 1. The third-order valence-electron chi connectivity index (χ3n) is 4.46. The Morgan fingerprint density at radius 2 is 1.82 bits per heavy atom. The van der Waals surface area contributed by atoms with Gasteiger partial charge in [-0.25, -0.2) is 9.78 Å². The van der Waals surface area contributed by atoms with Crippen LogP contribution < -0.4 is 10.3 Å². The number of para-hydroxylation sites is 1. The molecule has 0 fully saturated rings. The number of benzene rings is 2. The SMILES string of the molecule is CCCCOc1ccc(C(=O)OCCn2c(C)nc3ccccc3c2=O)cc1. The van der Waals surface area contributed by atoms with Gasteiger partial charge in [0.15, 0.2) is 0 Å². The summed E-state index contributed by atoms with van der Waals surface area (Å²) in [4.78, 5) is 29.3. The number of rotatable bonds is 8. The molecular formula is C22H24N2O4. The second-order valence-electron chi connectivity index (χ2n) is 6.50. The predicted octanol–water partition coefficient (Wildman–Crippen LogP) is 3.74. The zero-order valence-corrected chi connectivity index (χ0v) is 16.2. The van der Waals surface area contributed by atoms with E-state index in [-0.39, 0.29) is 18.7 Å². The monoisotopic (exact) mass is 380 g/mol. The molecule has 0 saturated heterocycles. The first-order valence-corrected chi connectivity index (χ1v) is 9.46. The Morgan fingerprint density at radius 1 is 1.07 bits per heavy atom. The van der Waals surface area contributed by atoms with E-state index in [1.54, 1.807) is 43.3 Å². The Balaban J connectivity index is 1.60. The van der Waals surface area contributed by atoms with Gasteiger partial charge in [-0.15, -0.1) is 0 Å². The summed E-state index contributed by atoms with van der Waals surface area (Å²) in [5.41, 5.74) is 0.982. The lowest BCUT2D eigenvalue weighted by Gasteiger charge is -2.11. The highest BCUT2D eigenvalue weighted by Crippen LogP contribution is 2.14. The van der Waals surface area contributed by atoms with Gasteiger partial charge < -0.3 is 9.47 Å². The second-order valence-corrected chi connectivity index (χ2v) is 6.50. The van der Waals surface area contributed by atoms with Crippen LogP contribution in [0.4, 0.5) is 0 Å². The van der Waals surface area contributed by atoms with Gasteiger partial charge in [-0.3, -0.25) is 9.36 Å². The van der Waals surface area contributed by atoms with Gasteiger partial charge in [0, 0.05) is 0 Å². The van der Waals surface area contributed by atoms with Crippen molar-refractivity contribution in [2.24, 2.45) is 0 Å². The number of hydrogen-bond acceptors (Lipinski definition) is 5. The van der Waals surface area contributed by atoms with Crippen molar-refractivity contribution in [3.8, 4) is 5.75 Å². The molecule has 0 atom stereocenters. The van der Waals surface area contributed by atoms with Crippen LogP contribution >= 0.6 is 0 Å². The molecule has 1 heterocycles. The molecule has 0 saturated carbocycles. The quantitative estimate of drug-likeness (QED) is 0.440. The van der Waals surface area contributed by atoms with E-state index in [1.165, 1.54) is 4.57 Å². The standard InChI is InChI=1S/C22H24N2O4/c1-3-4-14-27-18-11-9-17(10-12-18)22(26)28-15-13-24-16(2)23-20-8-6-5-7-19(20)21(24)25/h5-12H,3-4,13-15H2,1-2H3. The molecule has 0 amide bonds. The van der Waals surface area contributed by atoms with Crippen LogP contribution in [-0.4, -0.2) is 28.7 Å².